The van der Waals surface area contributed by atoms with Crippen LogP contribution in [-0.2, 0) is 11.3 Å². The van der Waals surface area contributed by atoms with E-state index in [9.17, 15) is 0 Å². The molecule has 0 bridgehead atoms. The van der Waals surface area contributed by atoms with Crippen LogP contribution in [0.1, 0.15) is 31.4 Å². The predicted molar refractivity (Wildman–Crippen MR) is 107 cm³/mol. The fourth-order valence-corrected chi connectivity index (χ4v) is 1.92. The van der Waals surface area contributed by atoms with Gasteiger partial charge in [-0.05, 0) is 31.9 Å². The van der Waals surface area contributed by atoms with Crippen LogP contribution in [0.2, 0.25) is 0 Å². The zero-order chi connectivity index (χ0) is 16.2. The molecular weight excluding hydrogens is 405 g/mol. The molecule has 0 radical (unpaired) electrons. The van der Waals surface area contributed by atoms with Gasteiger partial charge in [0, 0.05) is 25.8 Å². The molecule has 0 aliphatic rings. The number of benzene rings is 1. The fraction of sp³-hybridized carbons (Fsp3) is 0.588. The van der Waals surface area contributed by atoms with E-state index in [1.165, 1.54) is 5.56 Å². The van der Waals surface area contributed by atoms with Gasteiger partial charge in [0.05, 0.1) is 19.8 Å². The zero-order valence-corrected chi connectivity index (χ0v) is 17.0. The Bertz CT molecular complexity index is 467. The van der Waals surface area contributed by atoms with E-state index in [-0.39, 0.29) is 24.0 Å². The number of rotatable bonds is 9. The predicted octanol–water partition coefficient (Wildman–Crippen LogP) is 3.10. The summed E-state index contributed by atoms with van der Waals surface area (Å²) in [5, 5.41) is 6.47. The number of nitrogens with one attached hydrogen (secondary N) is 2. The minimum Gasteiger partial charge on any atom is -0.493 e. The van der Waals surface area contributed by atoms with Crippen LogP contribution in [0.5, 0.6) is 5.75 Å². The number of ether oxygens (including phenoxy) is 2. The van der Waals surface area contributed by atoms with Gasteiger partial charge in [0.2, 0.25) is 0 Å². The Balaban J connectivity index is 0.00000484. The Morgan fingerprint density at radius 1 is 1.17 bits per heavy atom. The molecule has 6 heteroatoms. The van der Waals surface area contributed by atoms with E-state index in [1.54, 1.807) is 7.11 Å². The summed E-state index contributed by atoms with van der Waals surface area (Å²) in [6.07, 6.45) is 0.998. The molecule has 23 heavy (non-hydrogen) atoms. The van der Waals surface area contributed by atoms with Gasteiger partial charge in [-0.25, -0.2) is 4.99 Å². The number of aryl methyl sites for hydroxylation is 1. The first-order valence-electron chi connectivity index (χ1n) is 7.94. The van der Waals surface area contributed by atoms with Crippen LogP contribution in [0.3, 0.4) is 0 Å². The summed E-state index contributed by atoms with van der Waals surface area (Å²) in [5.74, 6) is 1.72. The number of methoxy groups -OCH3 is 1. The van der Waals surface area contributed by atoms with Crippen molar-refractivity contribution in [2.45, 2.75) is 33.7 Å². The molecule has 0 atom stereocenters. The van der Waals surface area contributed by atoms with E-state index in [2.05, 4.69) is 54.6 Å². The average molecular weight is 435 g/mol. The molecule has 5 nitrogen and oxygen atoms in total. The number of nitrogens with zero attached hydrogens (tertiary/aromatic N) is 1. The molecule has 0 saturated carbocycles. The normalized spacial score (nSPS) is 10.9. The van der Waals surface area contributed by atoms with Crippen molar-refractivity contribution >= 4 is 29.9 Å². The zero-order valence-electron chi connectivity index (χ0n) is 14.6. The Hall–Kier alpha value is -1.02. The largest absolute Gasteiger partial charge is 0.493 e. The molecule has 0 fully saturated rings. The van der Waals surface area contributed by atoms with E-state index in [4.69, 9.17) is 9.47 Å². The van der Waals surface area contributed by atoms with E-state index in [0.717, 1.165) is 43.4 Å². The molecule has 2 N–H and O–H groups in total. The molecule has 1 aromatic carbocycles. The number of hydrogen-bond acceptors (Lipinski definition) is 3. The first-order valence-corrected chi connectivity index (χ1v) is 7.94. The third kappa shape index (κ3) is 9.00. The Morgan fingerprint density at radius 3 is 2.61 bits per heavy atom. The van der Waals surface area contributed by atoms with Crippen LogP contribution in [0.15, 0.2) is 23.2 Å². The van der Waals surface area contributed by atoms with Crippen molar-refractivity contribution in [2.75, 3.05) is 33.4 Å². The van der Waals surface area contributed by atoms with Crippen LogP contribution >= 0.6 is 24.0 Å². The summed E-state index contributed by atoms with van der Waals surface area (Å²) < 4.78 is 10.9. The molecule has 0 heterocycles. The van der Waals surface area contributed by atoms with Crippen molar-refractivity contribution < 1.29 is 9.47 Å². The summed E-state index contributed by atoms with van der Waals surface area (Å²) in [4.78, 5) is 4.61. The van der Waals surface area contributed by atoms with Gasteiger partial charge in [0.15, 0.2) is 5.96 Å². The lowest BCUT2D eigenvalue weighted by Gasteiger charge is -2.13. The highest BCUT2D eigenvalue weighted by molar-refractivity contribution is 14.0. The summed E-state index contributed by atoms with van der Waals surface area (Å²) in [6.45, 7) is 9.75. The van der Waals surface area contributed by atoms with E-state index < -0.39 is 0 Å². The van der Waals surface area contributed by atoms with Gasteiger partial charge >= 0.3 is 0 Å². The van der Waals surface area contributed by atoms with Crippen molar-refractivity contribution in [2.24, 2.45) is 4.99 Å². The highest BCUT2D eigenvalue weighted by Gasteiger charge is 2.04. The van der Waals surface area contributed by atoms with Crippen molar-refractivity contribution in [3.63, 3.8) is 0 Å². The van der Waals surface area contributed by atoms with Gasteiger partial charge in [0.25, 0.3) is 0 Å². The smallest absolute Gasteiger partial charge is 0.191 e. The first-order chi connectivity index (χ1) is 10.7. The first kappa shape index (κ1) is 22.0. The second kappa shape index (κ2) is 13.4. The molecule has 0 amide bonds. The molecule has 0 unspecified atom stereocenters. The van der Waals surface area contributed by atoms with Crippen molar-refractivity contribution in [3.8, 4) is 5.75 Å². The summed E-state index contributed by atoms with van der Waals surface area (Å²) in [7, 11) is 1.69. The monoisotopic (exact) mass is 435 g/mol. The maximum Gasteiger partial charge on any atom is 0.191 e. The number of aliphatic imine (C=N–C) groups is 1. The van der Waals surface area contributed by atoms with Gasteiger partial charge in [-0.2, -0.15) is 0 Å². The third-order valence-electron chi connectivity index (χ3n) is 3.03. The summed E-state index contributed by atoms with van der Waals surface area (Å²) >= 11 is 0. The lowest BCUT2D eigenvalue weighted by atomic mass is 10.1. The number of hydrogen-bond donors (Lipinski definition) is 2. The molecule has 0 aromatic heterocycles. The van der Waals surface area contributed by atoms with Crippen molar-refractivity contribution in [1.29, 1.82) is 0 Å². The second-order valence-corrected chi connectivity index (χ2v) is 5.07. The minimum atomic E-state index is 0. The van der Waals surface area contributed by atoms with Gasteiger partial charge in [0.1, 0.15) is 5.75 Å². The van der Waals surface area contributed by atoms with Crippen LogP contribution in [0.25, 0.3) is 0 Å². The standard InChI is InChI=1S/C17H29N3O2.HI/c1-5-10-22-16-12-14(3)7-8-15(16)13-20-17(18-6-2)19-9-11-21-4;/h7-8,12H,5-6,9-11,13H2,1-4H3,(H2,18,19,20);1H. The van der Waals surface area contributed by atoms with Gasteiger partial charge < -0.3 is 20.1 Å². The number of halogens is 1. The maximum absolute atomic E-state index is 5.83. The third-order valence-corrected chi connectivity index (χ3v) is 3.03. The molecule has 1 aromatic rings. The molecule has 0 spiro atoms. The van der Waals surface area contributed by atoms with Gasteiger partial charge in [-0.3, -0.25) is 0 Å². The SMILES string of the molecule is CCCOc1cc(C)ccc1CN=C(NCC)NCCOC.I. The fourth-order valence-electron chi connectivity index (χ4n) is 1.92. The summed E-state index contributed by atoms with van der Waals surface area (Å²) in [5.41, 5.74) is 2.30. The Morgan fingerprint density at radius 2 is 1.96 bits per heavy atom. The molecular formula is C17H30IN3O2. The van der Waals surface area contributed by atoms with Crippen LogP contribution in [0, 0.1) is 6.92 Å². The van der Waals surface area contributed by atoms with E-state index in [0.29, 0.717) is 13.2 Å². The lowest BCUT2D eigenvalue weighted by molar-refractivity contribution is 0.203. The quantitative estimate of drug-likeness (QED) is 0.271. The Labute approximate surface area is 157 Å². The van der Waals surface area contributed by atoms with Gasteiger partial charge in [-0.15, -0.1) is 24.0 Å². The Kier molecular flexibility index (Phi) is 12.8. The van der Waals surface area contributed by atoms with Gasteiger partial charge in [-0.1, -0.05) is 19.1 Å². The maximum atomic E-state index is 5.83. The molecule has 0 saturated heterocycles. The van der Waals surface area contributed by atoms with E-state index >= 15 is 0 Å². The van der Waals surface area contributed by atoms with Crippen LogP contribution in [-0.4, -0.2) is 39.4 Å². The highest BCUT2D eigenvalue weighted by Crippen LogP contribution is 2.21. The average Bonchev–Trinajstić information content (AvgIpc) is 2.52. The van der Waals surface area contributed by atoms with Crippen LogP contribution < -0.4 is 15.4 Å². The van der Waals surface area contributed by atoms with Crippen molar-refractivity contribution in [3.05, 3.63) is 29.3 Å². The second-order valence-electron chi connectivity index (χ2n) is 5.07. The number of guanidine groups is 1. The van der Waals surface area contributed by atoms with Crippen molar-refractivity contribution in [1.82, 2.24) is 10.6 Å². The molecule has 1 rings (SSSR count). The lowest BCUT2D eigenvalue weighted by Crippen LogP contribution is -2.38. The highest BCUT2D eigenvalue weighted by atomic mass is 127. The van der Waals surface area contributed by atoms with Crippen LogP contribution in [0.4, 0.5) is 0 Å². The minimum absolute atomic E-state index is 0. The molecule has 0 aliphatic heterocycles. The van der Waals surface area contributed by atoms with E-state index in [1.807, 2.05) is 0 Å². The topological polar surface area (TPSA) is 54.9 Å². The molecule has 0 aliphatic carbocycles. The molecule has 132 valence electrons. The summed E-state index contributed by atoms with van der Waals surface area (Å²) in [6, 6.07) is 6.25.